The number of aliphatic imine (C=N–C) groups is 1. The van der Waals surface area contributed by atoms with Gasteiger partial charge in [0.05, 0.1) is 0 Å². The van der Waals surface area contributed by atoms with Gasteiger partial charge in [-0.05, 0) is 45.2 Å². The number of anilines is 1. The zero-order valence-electron chi connectivity index (χ0n) is 15.9. The normalized spacial score (nSPS) is 23.8. The van der Waals surface area contributed by atoms with Crippen LogP contribution in [0, 0.1) is 5.92 Å². The minimum absolute atomic E-state index is 0.311. The summed E-state index contributed by atoms with van der Waals surface area (Å²) in [6.45, 7) is 13.1. The summed E-state index contributed by atoms with van der Waals surface area (Å²) in [7, 11) is 0. The highest BCUT2D eigenvalue weighted by molar-refractivity contribution is 8.00. The molecule has 1 aromatic carbocycles. The summed E-state index contributed by atoms with van der Waals surface area (Å²) in [5.41, 5.74) is 1.34. The summed E-state index contributed by atoms with van der Waals surface area (Å²) >= 11 is 2.07. The Kier molecular flexibility index (Phi) is 6.15. The maximum Gasteiger partial charge on any atom is 0.193 e. The number of thioether (sulfide) groups is 1. The Labute approximate surface area is 157 Å². The quantitative estimate of drug-likeness (QED) is 0.659. The Morgan fingerprint density at radius 2 is 2.08 bits per heavy atom. The Bertz CT molecular complexity index is 572. The van der Waals surface area contributed by atoms with Gasteiger partial charge in [0.1, 0.15) is 0 Å². The van der Waals surface area contributed by atoms with E-state index in [0.29, 0.717) is 10.7 Å². The Morgan fingerprint density at radius 1 is 1.28 bits per heavy atom. The second-order valence-electron chi connectivity index (χ2n) is 7.66. The van der Waals surface area contributed by atoms with E-state index in [2.05, 4.69) is 78.0 Å². The Hall–Kier alpha value is -1.36. The molecule has 138 valence electrons. The maximum absolute atomic E-state index is 5.01. The molecule has 1 N–H and O–H groups in total. The van der Waals surface area contributed by atoms with Crippen LogP contribution >= 0.6 is 11.8 Å². The number of nitrogens with zero attached hydrogens (tertiary/aromatic N) is 3. The third kappa shape index (κ3) is 5.06. The highest BCUT2D eigenvalue weighted by Crippen LogP contribution is 2.29. The molecule has 2 fully saturated rings. The van der Waals surface area contributed by atoms with Crippen LogP contribution in [0.4, 0.5) is 5.69 Å². The fraction of sp³-hybridized carbons (Fsp3) is 0.650. The molecule has 5 heteroatoms. The molecule has 3 rings (SSSR count). The summed E-state index contributed by atoms with van der Waals surface area (Å²) in [6, 6.07) is 10.8. The largest absolute Gasteiger partial charge is 0.371 e. The molecule has 2 aliphatic rings. The van der Waals surface area contributed by atoms with Gasteiger partial charge in [-0.2, -0.15) is 11.8 Å². The first kappa shape index (κ1) is 18.4. The third-order valence-corrected chi connectivity index (χ3v) is 6.26. The first-order valence-electron chi connectivity index (χ1n) is 9.54. The molecular formula is C20H32N4S. The molecule has 25 heavy (non-hydrogen) atoms. The van der Waals surface area contributed by atoms with E-state index in [4.69, 9.17) is 4.99 Å². The van der Waals surface area contributed by atoms with Gasteiger partial charge >= 0.3 is 0 Å². The third-order valence-electron chi connectivity index (χ3n) is 4.97. The van der Waals surface area contributed by atoms with Crippen molar-refractivity contribution in [3.05, 3.63) is 30.3 Å². The zero-order chi connectivity index (χ0) is 17.7. The van der Waals surface area contributed by atoms with E-state index in [0.717, 1.165) is 45.2 Å². The molecule has 2 saturated heterocycles. The van der Waals surface area contributed by atoms with E-state index < -0.39 is 0 Å². The van der Waals surface area contributed by atoms with E-state index in [1.807, 2.05) is 0 Å². The van der Waals surface area contributed by atoms with Crippen LogP contribution in [-0.2, 0) is 0 Å². The van der Waals surface area contributed by atoms with Crippen LogP contribution in [0.5, 0.6) is 0 Å². The molecule has 0 bridgehead atoms. The predicted octanol–water partition coefficient (Wildman–Crippen LogP) is 3.31. The molecule has 4 nitrogen and oxygen atoms in total. The lowest BCUT2D eigenvalue weighted by Crippen LogP contribution is -2.51. The van der Waals surface area contributed by atoms with Gasteiger partial charge in [0, 0.05) is 55.5 Å². The summed E-state index contributed by atoms with van der Waals surface area (Å²) < 4.78 is 0.311. The SMILES string of the molecule is CCNC(=NCC1CCN(c2ccccc2)C1)N1CCSC(C)(C)C1. The number of benzene rings is 1. The van der Waals surface area contributed by atoms with Crippen molar-refractivity contribution < 1.29 is 0 Å². The number of para-hydroxylation sites is 1. The summed E-state index contributed by atoms with van der Waals surface area (Å²) in [5.74, 6) is 2.94. The molecule has 1 unspecified atom stereocenters. The van der Waals surface area contributed by atoms with Gasteiger partial charge < -0.3 is 15.1 Å². The van der Waals surface area contributed by atoms with E-state index >= 15 is 0 Å². The molecule has 0 amide bonds. The van der Waals surface area contributed by atoms with E-state index in [-0.39, 0.29) is 0 Å². The van der Waals surface area contributed by atoms with Crippen LogP contribution in [0.1, 0.15) is 27.2 Å². The van der Waals surface area contributed by atoms with E-state index in [1.54, 1.807) is 0 Å². The molecule has 2 aliphatic heterocycles. The Balaban J connectivity index is 1.59. The summed E-state index contributed by atoms with van der Waals surface area (Å²) in [4.78, 5) is 9.95. The number of guanidine groups is 1. The van der Waals surface area contributed by atoms with Crippen LogP contribution in [0.25, 0.3) is 0 Å². The average Bonchev–Trinajstić information content (AvgIpc) is 3.07. The van der Waals surface area contributed by atoms with Crippen LogP contribution in [0.3, 0.4) is 0 Å². The van der Waals surface area contributed by atoms with Crippen molar-refractivity contribution in [1.29, 1.82) is 0 Å². The van der Waals surface area contributed by atoms with Gasteiger partial charge in [-0.1, -0.05) is 18.2 Å². The van der Waals surface area contributed by atoms with Gasteiger partial charge in [0.25, 0.3) is 0 Å². The number of hydrogen-bond donors (Lipinski definition) is 1. The predicted molar refractivity (Wildman–Crippen MR) is 111 cm³/mol. The maximum atomic E-state index is 5.01. The molecule has 0 aliphatic carbocycles. The minimum atomic E-state index is 0.311. The first-order valence-corrected chi connectivity index (χ1v) is 10.5. The lowest BCUT2D eigenvalue weighted by Gasteiger charge is -2.39. The number of nitrogens with one attached hydrogen (secondary N) is 1. The van der Waals surface area contributed by atoms with Gasteiger partial charge in [0.15, 0.2) is 5.96 Å². The molecule has 0 radical (unpaired) electrons. The highest BCUT2D eigenvalue weighted by atomic mass is 32.2. The van der Waals surface area contributed by atoms with Crippen molar-refractivity contribution in [1.82, 2.24) is 10.2 Å². The standard InChI is InChI=1S/C20H32N4S/c1-4-21-19(24-12-13-25-20(2,3)16-24)22-14-17-10-11-23(15-17)18-8-6-5-7-9-18/h5-9,17H,4,10-16H2,1-3H3,(H,21,22). The number of hydrogen-bond acceptors (Lipinski definition) is 3. The fourth-order valence-electron chi connectivity index (χ4n) is 3.69. The van der Waals surface area contributed by atoms with Crippen molar-refractivity contribution in [2.75, 3.05) is 49.9 Å². The van der Waals surface area contributed by atoms with Crippen molar-refractivity contribution in [3.63, 3.8) is 0 Å². The van der Waals surface area contributed by atoms with Crippen LogP contribution < -0.4 is 10.2 Å². The zero-order valence-corrected chi connectivity index (χ0v) is 16.7. The van der Waals surface area contributed by atoms with Crippen molar-refractivity contribution in [2.45, 2.75) is 31.9 Å². The second-order valence-corrected chi connectivity index (χ2v) is 9.46. The highest BCUT2D eigenvalue weighted by Gasteiger charge is 2.29. The molecule has 0 spiro atoms. The monoisotopic (exact) mass is 360 g/mol. The van der Waals surface area contributed by atoms with Crippen LogP contribution in [-0.4, -0.2) is 60.6 Å². The van der Waals surface area contributed by atoms with Crippen LogP contribution in [0.15, 0.2) is 35.3 Å². The molecular weight excluding hydrogens is 328 g/mol. The lowest BCUT2D eigenvalue weighted by atomic mass is 10.1. The second kappa shape index (κ2) is 8.35. The van der Waals surface area contributed by atoms with Crippen molar-refractivity contribution >= 4 is 23.4 Å². The summed E-state index contributed by atoms with van der Waals surface area (Å²) in [6.07, 6.45) is 1.24. The minimum Gasteiger partial charge on any atom is -0.371 e. The van der Waals surface area contributed by atoms with Gasteiger partial charge in [-0.3, -0.25) is 4.99 Å². The molecule has 0 aromatic heterocycles. The van der Waals surface area contributed by atoms with Gasteiger partial charge in [-0.25, -0.2) is 0 Å². The van der Waals surface area contributed by atoms with Gasteiger partial charge in [0.2, 0.25) is 0 Å². The smallest absolute Gasteiger partial charge is 0.193 e. The average molecular weight is 361 g/mol. The molecule has 2 heterocycles. The number of rotatable bonds is 4. The lowest BCUT2D eigenvalue weighted by molar-refractivity contribution is 0.374. The fourth-order valence-corrected chi connectivity index (χ4v) is 4.81. The van der Waals surface area contributed by atoms with E-state index in [9.17, 15) is 0 Å². The van der Waals surface area contributed by atoms with Crippen molar-refractivity contribution in [3.8, 4) is 0 Å². The van der Waals surface area contributed by atoms with E-state index in [1.165, 1.54) is 17.9 Å². The van der Waals surface area contributed by atoms with Crippen molar-refractivity contribution in [2.24, 2.45) is 10.9 Å². The summed E-state index contributed by atoms with van der Waals surface area (Å²) in [5, 5.41) is 3.51. The molecule has 0 saturated carbocycles. The first-order chi connectivity index (χ1) is 12.1. The topological polar surface area (TPSA) is 30.9 Å². The van der Waals surface area contributed by atoms with Crippen LogP contribution in [0.2, 0.25) is 0 Å². The molecule has 1 atom stereocenters. The Morgan fingerprint density at radius 3 is 2.80 bits per heavy atom. The molecule has 1 aromatic rings. The van der Waals surface area contributed by atoms with Gasteiger partial charge in [-0.15, -0.1) is 0 Å².